The first-order chi connectivity index (χ1) is 14.9. The van der Waals surface area contributed by atoms with Gasteiger partial charge in [0.05, 0.1) is 23.2 Å². The fourth-order valence-corrected chi connectivity index (χ4v) is 3.58. The predicted octanol–water partition coefficient (Wildman–Crippen LogP) is 3.95. The Kier molecular flexibility index (Phi) is 4.35. The van der Waals surface area contributed by atoms with Gasteiger partial charge >= 0.3 is 6.18 Å². The molecule has 0 bridgehead atoms. The third kappa shape index (κ3) is 3.45. The highest BCUT2D eigenvalue weighted by atomic mass is 19.4. The Morgan fingerprint density at radius 2 is 1.74 bits per heavy atom. The summed E-state index contributed by atoms with van der Waals surface area (Å²) in [6, 6.07) is 12.5. The van der Waals surface area contributed by atoms with Gasteiger partial charge in [-0.3, -0.25) is 9.89 Å². The van der Waals surface area contributed by atoms with Gasteiger partial charge in [-0.15, -0.1) is 0 Å². The van der Waals surface area contributed by atoms with E-state index < -0.39 is 11.7 Å². The third-order valence-electron chi connectivity index (χ3n) is 5.06. The van der Waals surface area contributed by atoms with Crippen molar-refractivity contribution in [3.63, 3.8) is 0 Å². The summed E-state index contributed by atoms with van der Waals surface area (Å²) in [5.41, 5.74) is 0.793. The minimum absolute atomic E-state index is 0.0466. The SMILES string of the molecule is O=C1Cc2nc(-c3ccccc3C(F)(F)F)nc(Nc3n[nH]c4ccccc34)c2CN1. The standard InChI is InChI=1S/C21H15F3N6O/c22-21(23,24)14-7-3-1-5-11(14)18-26-16-9-17(31)25-10-13(16)19(27-18)28-20-12-6-2-4-8-15(12)29-30-20/h1-8H,9-10H2,(H,25,31)(H2,26,27,28,29,30). The monoisotopic (exact) mass is 424 g/mol. The van der Waals surface area contributed by atoms with Crippen molar-refractivity contribution >= 4 is 28.4 Å². The van der Waals surface area contributed by atoms with Crippen molar-refractivity contribution in [3.8, 4) is 11.4 Å². The zero-order valence-corrected chi connectivity index (χ0v) is 15.9. The van der Waals surface area contributed by atoms with Gasteiger partial charge in [0.25, 0.3) is 0 Å². The Morgan fingerprint density at radius 3 is 2.58 bits per heavy atom. The largest absolute Gasteiger partial charge is 0.417 e. The second-order valence-corrected chi connectivity index (χ2v) is 7.06. The normalized spacial score (nSPS) is 13.7. The zero-order chi connectivity index (χ0) is 21.6. The zero-order valence-electron chi connectivity index (χ0n) is 15.9. The molecule has 0 atom stereocenters. The number of amides is 1. The molecule has 5 rings (SSSR count). The molecule has 1 amide bonds. The van der Waals surface area contributed by atoms with Crippen LogP contribution in [0.3, 0.4) is 0 Å². The number of nitrogens with one attached hydrogen (secondary N) is 3. The molecular weight excluding hydrogens is 409 g/mol. The van der Waals surface area contributed by atoms with E-state index >= 15 is 0 Å². The number of aromatic amines is 1. The Bertz CT molecular complexity index is 1310. The molecule has 7 nitrogen and oxygen atoms in total. The predicted molar refractivity (Wildman–Crippen MR) is 107 cm³/mol. The lowest BCUT2D eigenvalue weighted by Gasteiger charge is -2.21. The average molecular weight is 424 g/mol. The van der Waals surface area contributed by atoms with Crippen LogP contribution < -0.4 is 10.6 Å². The fourth-order valence-electron chi connectivity index (χ4n) is 3.58. The second kappa shape index (κ2) is 7.08. The van der Waals surface area contributed by atoms with Crippen molar-refractivity contribution in [3.05, 3.63) is 65.4 Å². The van der Waals surface area contributed by atoms with Gasteiger partial charge in [0, 0.05) is 23.1 Å². The molecule has 1 aliphatic heterocycles. The molecule has 4 aromatic rings. The van der Waals surface area contributed by atoms with Gasteiger partial charge in [-0.25, -0.2) is 9.97 Å². The van der Waals surface area contributed by atoms with E-state index in [2.05, 4.69) is 30.8 Å². The number of benzene rings is 2. The summed E-state index contributed by atoms with van der Waals surface area (Å²) < 4.78 is 40.7. The molecule has 2 aromatic carbocycles. The maximum Gasteiger partial charge on any atom is 0.417 e. The topological polar surface area (TPSA) is 95.6 Å². The molecule has 3 N–H and O–H groups in total. The van der Waals surface area contributed by atoms with Gasteiger partial charge in [-0.2, -0.15) is 18.3 Å². The number of aromatic nitrogens is 4. The highest BCUT2D eigenvalue weighted by Crippen LogP contribution is 2.37. The first-order valence-electron chi connectivity index (χ1n) is 9.43. The molecule has 0 radical (unpaired) electrons. The number of nitrogens with zero attached hydrogens (tertiary/aromatic N) is 3. The van der Waals surface area contributed by atoms with E-state index in [0.717, 1.165) is 17.0 Å². The number of alkyl halides is 3. The molecule has 2 aromatic heterocycles. The maximum atomic E-state index is 13.6. The van der Waals surface area contributed by atoms with Crippen molar-refractivity contribution in [1.29, 1.82) is 0 Å². The summed E-state index contributed by atoms with van der Waals surface area (Å²) in [5.74, 6) is 0.416. The summed E-state index contributed by atoms with van der Waals surface area (Å²) in [6.45, 7) is 0.167. The third-order valence-corrected chi connectivity index (χ3v) is 5.06. The number of H-pyrrole nitrogens is 1. The minimum Gasteiger partial charge on any atom is -0.351 e. The van der Waals surface area contributed by atoms with Crippen LogP contribution in [0.1, 0.15) is 16.8 Å². The van der Waals surface area contributed by atoms with Crippen LogP contribution in [0.2, 0.25) is 0 Å². The van der Waals surface area contributed by atoms with Gasteiger partial charge in [0.15, 0.2) is 11.6 Å². The molecule has 31 heavy (non-hydrogen) atoms. The number of halogens is 3. The molecular formula is C21H15F3N6O. The van der Waals surface area contributed by atoms with Gasteiger partial charge in [0.1, 0.15) is 5.82 Å². The molecule has 3 heterocycles. The van der Waals surface area contributed by atoms with E-state index in [0.29, 0.717) is 22.9 Å². The van der Waals surface area contributed by atoms with Gasteiger partial charge < -0.3 is 10.6 Å². The molecule has 10 heteroatoms. The van der Waals surface area contributed by atoms with Crippen LogP contribution in [0.5, 0.6) is 0 Å². The maximum absolute atomic E-state index is 13.6. The lowest BCUT2D eigenvalue weighted by Crippen LogP contribution is -2.32. The Hall–Kier alpha value is -3.95. The van der Waals surface area contributed by atoms with E-state index in [9.17, 15) is 18.0 Å². The highest BCUT2D eigenvalue weighted by molar-refractivity contribution is 5.91. The van der Waals surface area contributed by atoms with Crippen molar-refractivity contribution in [2.24, 2.45) is 0 Å². The molecule has 0 saturated heterocycles. The van der Waals surface area contributed by atoms with E-state index in [1.165, 1.54) is 18.2 Å². The smallest absolute Gasteiger partial charge is 0.351 e. The minimum atomic E-state index is -4.57. The van der Waals surface area contributed by atoms with Crippen LogP contribution in [0.4, 0.5) is 24.8 Å². The summed E-state index contributed by atoms with van der Waals surface area (Å²) in [5, 5.41) is 13.8. The molecule has 156 valence electrons. The van der Waals surface area contributed by atoms with Crippen LogP contribution in [0.25, 0.3) is 22.3 Å². The van der Waals surface area contributed by atoms with Gasteiger partial charge in [-0.05, 0) is 18.2 Å². The lowest BCUT2D eigenvalue weighted by molar-refractivity contribution is -0.137. The van der Waals surface area contributed by atoms with Crippen LogP contribution in [-0.4, -0.2) is 26.1 Å². The van der Waals surface area contributed by atoms with Gasteiger partial charge in [0.2, 0.25) is 5.91 Å². The van der Waals surface area contributed by atoms with E-state index in [1.54, 1.807) is 0 Å². The number of carbonyl (C=O) groups is 1. The van der Waals surface area contributed by atoms with Crippen LogP contribution in [0.15, 0.2) is 48.5 Å². The summed E-state index contributed by atoms with van der Waals surface area (Å²) in [4.78, 5) is 20.6. The van der Waals surface area contributed by atoms with Crippen LogP contribution in [-0.2, 0) is 23.9 Å². The molecule has 0 spiro atoms. The average Bonchev–Trinajstić information content (AvgIpc) is 3.15. The number of hydrogen-bond acceptors (Lipinski definition) is 5. The van der Waals surface area contributed by atoms with E-state index in [-0.39, 0.29) is 30.3 Å². The summed E-state index contributed by atoms with van der Waals surface area (Å²) >= 11 is 0. The quantitative estimate of drug-likeness (QED) is 0.463. The van der Waals surface area contributed by atoms with Crippen molar-refractivity contribution in [2.45, 2.75) is 19.1 Å². The first kappa shape index (κ1) is 19.0. The van der Waals surface area contributed by atoms with E-state index in [1.807, 2.05) is 24.3 Å². The Morgan fingerprint density at radius 1 is 0.968 bits per heavy atom. The lowest BCUT2D eigenvalue weighted by atomic mass is 10.0. The molecule has 0 saturated carbocycles. The Labute approximate surface area is 173 Å². The van der Waals surface area contributed by atoms with Gasteiger partial charge in [-0.1, -0.05) is 30.3 Å². The highest BCUT2D eigenvalue weighted by Gasteiger charge is 2.34. The van der Waals surface area contributed by atoms with Crippen LogP contribution in [0, 0.1) is 0 Å². The van der Waals surface area contributed by atoms with Crippen LogP contribution >= 0.6 is 0 Å². The second-order valence-electron chi connectivity index (χ2n) is 7.06. The first-order valence-corrected chi connectivity index (χ1v) is 9.43. The molecule has 0 fully saturated rings. The van der Waals surface area contributed by atoms with Crippen molar-refractivity contribution in [1.82, 2.24) is 25.5 Å². The molecule has 0 aliphatic carbocycles. The Balaban J connectivity index is 1.67. The number of anilines is 2. The molecule has 0 unspecified atom stereocenters. The fraction of sp³-hybridized carbons (Fsp3) is 0.143. The number of fused-ring (bicyclic) bond motifs is 2. The number of rotatable bonds is 3. The summed E-state index contributed by atoms with van der Waals surface area (Å²) in [7, 11) is 0. The number of carbonyl (C=O) groups excluding carboxylic acids is 1. The summed E-state index contributed by atoms with van der Waals surface area (Å²) in [6.07, 6.45) is -4.62. The van der Waals surface area contributed by atoms with Crippen molar-refractivity contribution < 1.29 is 18.0 Å². The van der Waals surface area contributed by atoms with Crippen molar-refractivity contribution in [2.75, 3.05) is 5.32 Å². The number of para-hydroxylation sites is 1. The van der Waals surface area contributed by atoms with E-state index in [4.69, 9.17) is 0 Å². The molecule has 1 aliphatic rings. The number of hydrogen-bond donors (Lipinski definition) is 3.